The number of para-hydroxylation sites is 1. The minimum Gasteiger partial charge on any atom is -0.492 e. The molecule has 8 nitrogen and oxygen atoms in total. The number of nitrogens with zero attached hydrogens (tertiary/aromatic N) is 1. The van der Waals surface area contributed by atoms with Crippen LogP contribution in [0.25, 0.3) is 0 Å². The van der Waals surface area contributed by atoms with E-state index >= 15 is 0 Å². The molecular weight excluding hydrogens is 576 g/mol. The van der Waals surface area contributed by atoms with Crippen LogP contribution in [-0.2, 0) is 16.0 Å². The van der Waals surface area contributed by atoms with E-state index < -0.39 is 12.1 Å². The average Bonchev–Trinajstić information content (AvgIpc) is 3.04. The highest BCUT2D eigenvalue weighted by Crippen LogP contribution is 2.23. The number of amides is 2. The normalized spacial score (nSPS) is 11.4. The zero-order valence-electron chi connectivity index (χ0n) is 24.8. The molecule has 0 aliphatic heterocycles. The molecule has 9 heteroatoms. The number of carbonyl (C=O) groups excluding carboxylic acids is 1. The first-order valence-electron chi connectivity index (χ1n) is 14.6. The number of carboxylic acids is 1. The van der Waals surface area contributed by atoms with Crippen LogP contribution in [0, 0.1) is 0 Å². The van der Waals surface area contributed by atoms with Crippen LogP contribution in [0.4, 0.5) is 10.5 Å². The lowest BCUT2D eigenvalue weighted by molar-refractivity contribution is -0.149. The van der Waals surface area contributed by atoms with E-state index in [1.54, 1.807) is 35.7 Å². The molecule has 0 saturated carbocycles. The van der Waals surface area contributed by atoms with Gasteiger partial charge in [0.2, 0.25) is 0 Å². The van der Waals surface area contributed by atoms with Gasteiger partial charge in [-0.15, -0.1) is 11.8 Å². The summed E-state index contributed by atoms with van der Waals surface area (Å²) in [6, 6.07) is 34.1. The topological polar surface area (TPSA) is 97.3 Å². The Labute approximate surface area is 263 Å². The summed E-state index contributed by atoms with van der Waals surface area (Å²) in [5.74, 6) is 1.96. The van der Waals surface area contributed by atoms with Crippen molar-refractivity contribution in [1.82, 2.24) is 4.90 Å². The van der Waals surface area contributed by atoms with E-state index in [1.165, 1.54) is 4.90 Å². The van der Waals surface area contributed by atoms with Gasteiger partial charge in [0.25, 0.3) is 0 Å². The average molecular weight is 615 g/mol. The van der Waals surface area contributed by atoms with Gasteiger partial charge in [-0.25, -0.2) is 9.59 Å². The van der Waals surface area contributed by atoms with E-state index in [1.807, 2.05) is 84.9 Å². The fourth-order valence-electron chi connectivity index (χ4n) is 4.34. The van der Waals surface area contributed by atoms with Crippen molar-refractivity contribution in [1.29, 1.82) is 0 Å². The molecule has 0 aliphatic carbocycles. The number of urea groups is 1. The first-order chi connectivity index (χ1) is 21.5. The third-order valence-corrected chi connectivity index (χ3v) is 7.67. The minimum absolute atomic E-state index is 0.207. The summed E-state index contributed by atoms with van der Waals surface area (Å²) in [4.78, 5) is 27.7. The Balaban J connectivity index is 1.31. The van der Waals surface area contributed by atoms with Gasteiger partial charge in [0.15, 0.2) is 6.10 Å². The number of rotatable bonds is 17. The lowest BCUT2D eigenvalue weighted by atomic mass is 10.1. The number of hydrogen-bond donors (Lipinski definition) is 2. The second-order valence-corrected chi connectivity index (χ2v) is 11.0. The summed E-state index contributed by atoms with van der Waals surface area (Å²) < 4.78 is 17.1. The molecule has 0 bridgehead atoms. The Hall–Kier alpha value is -4.47. The molecule has 0 fully saturated rings. The number of hydrogen-bond acceptors (Lipinski definition) is 6. The van der Waals surface area contributed by atoms with Gasteiger partial charge in [-0.2, -0.15) is 0 Å². The molecule has 0 heterocycles. The Morgan fingerprint density at radius 3 is 2.11 bits per heavy atom. The van der Waals surface area contributed by atoms with Gasteiger partial charge in [0, 0.05) is 30.2 Å². The molecule has 0 spiro atoms. The molecule has 0 radical (unpaired) electrons. The molecule has 0 aliphatic rings. The summed E-state index contributed by atoms with van der Waals surface area (Å²) in [5, 5.41) is 12.3. The van der Waals surface area contributed by atoms with Crippen molar-refractivity contribution in [3.63, 3.8) is 0 Å². The first kappa shape index (κ1) is 32.4. The smallest absolute Gasteiger partial charge is 0.333 e. The van der Waals surface area contributed by atoms with Crippen LogP contribution in [-0.4, -0.2) is 60.2 Å². The van der Waals surface area contributed by atoms with Crippen molar-refractivity contribution in [2.45, 2.75) is 30.8 Å². The van der Waals surface area contributed by atoms with E-state index in [0.717, 1.165) is 23.5 Å². The molecule has 2 N–H and O–H groups in total. The minimum atomic E-state index is -0.982. The van der Waals surface area contributed by atoms with Crippen LogP contribution in [0.15, 0.2) is 114 Å². The van der Waals surface area contributed by atoms with Crippen molar-refractivity contribution >= 4 is 29.4 Å². The van der Waals surface area contributed by atoms with Crippen molar-refractivity contribution in [3.8, 4) is 17.2 Å². The predicted octanol–water partition coefficient (Wildman–Crippen LogP) is 7.61. The summed E-state index contributed by atoms with van der Waals surface area (Å²) in [5.41, 5.74) is 1.51. The second-order valence-electron chi connectivity index (χ2n) is 9.85. The number of carboxylic acid groups (broad SMARTS) is 1. The largest absolute Gasteiger partial charge is 0.492 e. The molecule has 4 rings (SSSR count). The number of ether oxygens (including phenoxy) is 3. The van der Waals surface area contributed by atoms with Crippen LogP contribution in [0.3, 0.4) is 0 Å². The van der Waals surface area contributed by atoms with Crippen molar-refractivity contribution in [3.05, 3.63) is 115 Å². The van der Waals surface area contributed by atoms with Gasteiger partial charge in [0.1, 0.15) is 23.9 Å². The molecular formula is C35H38N2O6S. The Morgan fingerprint density at radius 1 is 0.818 bits per heavy atom. The summed E-state index contributed by atoms with van der Waals surface area (Å²) in [7, 11) is 0. The molecule has 0 saturated heterocycles. The fraction of sp³-hybridized carbons (Fsp3) is 0.257. The molecule has 1 unspecified atom stereocenters. The first-order valence-corrected chi connectivity index (χ1v) is 15.6. The van der Waals surface area contributed by atoms with Crippen molar-refractivity contribution < 1.29 is 28.9 Å². The van der Waals surface area contributed by atoms with Crippen LogP contribution >= 0.6 is 11.8 Å². The summed E-state index contributed by atoms with van der Waals surface area (Å²) in [6.07, 6.45) is 0.208. The Kier molecular flexibility index (Phi) is 13.0. The lowest BCUT2D eigenvalue weighted by Crippen LogP contribution is -2.38. The summed E-state index contributed by atoms with van der Waals surface area (Å²) in [6.45, 7) is 3.37. The zero-order valence-corrected chi connectivity index (χ0v) is 25.6. The lowest BCUT2D eigenvalue weighted by Gasteiger charge is -2.23. The van der Waals surface area contributed by atoms with E-state index in [2.05, 4.69) is 17.4 Å². The van der Waals surface area contributed by atoms with Crippen molar-refractivity contribution in [2.75, 3.05) is 37.4 Å². The highest BCUT2D eigenvalue weighted by molar-refractivity contribution is 7.99. The number of benzene rings is 4. The standard InChI is InChI=1S/C35H38N2O6S/c1-2-41-33(34(38)39)26-27-14-18-29(19-15-27)42-24-23-37(22-9-25-44-32-12-7-4-8-13-32)35(40)36-28-16-20-31(21-17-28)43-30-10-5-3-6-11-30/h3-8,10-21,33H,2,9,22-26H2,1H3,(H,36,40)(H,38,39). The number of nitrogens with one attached hydrogen (secondary N) is 1. The second kappa shape index (κ2) is 17.6. The van der Waals surface area contributed by atoms with Gasteiger partial charge in [-0.3, -0.25) is 0 Å². The molecule has 0 aromatic heterocycles. The maximum atomic E-state index is 13.3. The van der Waals surface area contributed by atoms with Gasteiger partial charge in [-0.05, 0) is 85.3 Å². The van der Waals surface area contributed by atoms with Crippen molar-refractivity contribution in [2.24, 2.45) is 0 Å². The highest BCUT2D eigenvalue weighted by Gasteiger charge is 2.18. The summed E-state index contributed by atoms with van der Waals surface area (Å²) >= 11 is 1.76. The number of thioether (sulfide) groups is 1. The molecule has 4 aromatic carbocycles. The Bertz CT molecular complexity index is 1420. The molecule has 44 heavy (non-hydrogen) atoms. The van der Waals surface area contributed by atoms with Crippen LogP contribution in [0.5, 0.6) is 17.2 Å². The van der Waals surface area contributed by atoms with Crippen LogP contribution in [0.2, 0.25) is 0 Å². The third-order valence-electron chi connectivity index (χ3n) is 6.57. The maximum absolute atomic E-state index is 13.3. The molecule has 230 valence electrons. The zero-order chi connectivity index (χ0) is 31.0. The van der Waals surface area contributed by atoms with E-state index in [0.29, 0.717) is 43.5 Å². The third kappa shape index (κ3) is 11.0. The predicted molar refractivity (Wildman–Crippen MR) is 174 cm³/mol. The van der Waals surface area contributed by atoms with Gasteiger partial charge >= 0.3 is 12.0 Å². The monoisotopic (exact) mass is 614 g/mol. The number of aliphatic carboxylic acids is 1. The van der Waals surface area contributed by atoms with Gasteiger partial charge in [0.05, 0.1) is 6.54 Å². The molecule has 1 atom stereocenters. The van der Waals surface area contributed by atoms with Gasteiger partial charge < -0.3 is 29.5 Å². The SMILES string of the molecule is CCOC(Cc1ccc(OCCN(CCCSc2ccccc2)C(=O)Nc2ccc(Oc3ccccc3)cc2)cc1)C(=O)O. The Morgan fingerprint density at radius 2 is 1.45 bits per heavy atom. The quantitative estimate of drug-likeness (QED) is 0.0933. The van der Waals surface area contributed by atoms with Gasteiger partial charge in [-0.1, -0.05) is 48.5 Å². The number of carbonyl (C=O) groups is 2. The number of anilines is 1. The molecule has 2 amide bonds. The maximum Gasteiger partial charge on any atom is 0.333 e. The van der Waals surface area contributed by atoms with E-state index in [9.17, 15) is 14.7 Å². The van der Waals surface area contributed by atoms with Crippen LogP contribution < -0.4 is 14.8 Å². The highest BCUT2D eigenvalue weighted by atomic mass is 32.2. The van der Waals surface area contributed by atoms with E-state index in [-0.39, 0.29) is 12.5 Å². The fourth-order valence-corrected chi connectivity index (χ4v) is 5.20. The van der Waals surface area contributed by atoms with Crippen LogP contribution in [0.1, 0.15) is 18.9 Å². The van der Waals surface area contributed by atoms with E-state index in [4.69, 9.17) is 14.2 Å². The molecule has 4 aromatic rings.